The molecule has 0 unspecified atom stereocenters. The molecule has 2 aromatic rings. The highest BCUT2D eigenvalue weighted by atomic mass is 19.1. The van der Waals surface area contributed by atoms with Crippen LogP contribution in [0.4, 0.5) is 14.9 Å². The van der Waals surface area contributed by atoms with Crippen molar-refractivity contribution in [3.63, 3.8) is 0 Å². The van der Waals surface area contributed by atoms with Crippen LogP contribution in [0.15, 0.2) is 54.1 Å². The molecule has 4 amide bonds. The minimum absolute atomic E-state index is 0.118. The SMILES string of the molecule is O=C(O)COc1ccccc1/C=C1/C(=O)NC(=O)N(c2ccccc2F)C1=O. The van der Waals surface area contributed by atoms with Gasteiger partial charge in [-0.15, -0.1) is 0 Å². The number of nitrogens with one attached hydrogen (secondary N) is 1. The number of ether oxygens (including phenoxy) is 1. The number of anilines is 1. The maximum atomic E-state index is 14.1. The number of carbonyl (C=O) groups excluding carboxylic acids is 3. The lowest BCUT2D eigenvalue weighted by atomic mass is 10.1. The van der Waals surface area contributed by atoms with E-state index in [9.17, 15) is 23.6 Å². The molecule has 3 rings (SSSR count). The summed E-state index contributed by atoms with van der Waals surface area (Å²) in [6.45, 7) is -0.625. The molecule has 2 N–H and O–H groups in total. The van der Waals surface area contributed by atoms with E-state index in [1.165, 1.54) is 30.3 Å². The fourth-order valence-corrected chi connectivity index (χ4v) is 2.54. The molecule has 0 aliphatic carbocycles. The van der Waals surface area contributed by atoms with Crippen molar-refractivity contribution in [3.05, 3.63) is 65.5 Å². The third-order valence-electron chi connectivity index (χ3n) is 3.77. The second-order valence-corrected chi connectivity index (χ2v) is 5.63. The Balaban J connectivity index is 2.01. The van der Waals surface area contributed by atoms with Gasteiger partial charge >= 0.3 is 12.0 Å². The van der Waals surface area contributed by atoms with Crippen molar-refractivity contribution in [2.45, 2.75) is 0 Å². The molecule has 1 saturated heterocycles. The molecule has 142 valence electrons. The number of carboxylic acid groups (broad SMARTS) is 1. The van der Waals surface area contributed by atoms with Gasteiger partial charge in [0.1, 0.15) is 17.1 Å². The van der Waals surface area contributed by atoms with Crippen molar-refractivity contribution in [1.29, 1.82) is 0 Å². The number of hydrogen-bond donors (Lipinski definition) is 2. The highest BCUT2D eigenvalue weighted by Crippen LogP contribution is 2.26. The highest BCUT2D eigenvalue weighted by Gasteiger charge is 2.38. The summed E-state index contributed by atoms with van der Waals surface area (Å²) in [5.74, 6) is -3.88. The summed E-state index contributed by atoms with van der Waals surface area (Å²) in [4.78, 5) is 48.3. The van der Waals surface area contributed by atoms with Crippen LogP contribution in [0.2, 0.25) is 0 Å². The van der Waals surface area contributed by atoms with Gasteiger partial charge in [-0.05, 0) is 24.3 Å². The average molecular weight is 384 g/mol. The van der Waals surface area contributed by atoms with E-state index in [1.807, 2.05) is 5.32 Å². The predicted octanol–water partition coefficient (Wildman–Crippen LogP) is 1.96. The van der Waals surface area contributed by atoms with Crippen LogP contribution in [0.3, 0.4) is 0 Å². The van der Waals surface area contributed by atoms with Gasteiger partial charge in [-0.1, -0.05) is 30.3 Å². The zero-order valence-electron chi connectivity index (χ0n) is 14.2. The molecule has 8 nitrogen and oxygen atoms in total. The molecule has 0 spiro atoms. The fourth-order valence-electron chi connectivity index (χ4n) is 2.54. The third-order valence-corrected chi connectivity index (χ3v) is 3.77. The number of benzene rings is 2. The van der Waals surface area contributed by atoms with Gasteiger partial charge in [-0.25, -0.2) is 18.9 Å². The van der Waals surface area contributed by atoms with Crippen molar-refractivity contribution in [2.24, 2.45) is 0 Å². The monoisotopic (exact) mass is 384 g/mol. The number of carboxylic acids is 1. The van der Waals surface area contributed by atoms with E-state index in [4.69, 9.17) is 9.84 Å². The molecule has 1 heterocycles. The van der Waals surface area contributed by atoms with Crippen molar-refractivity contribution < 1.29 is 33.4 Å². The van der Waals surface area contributed by atoms with Crippen LogP contribution < -0.4 is 15.0 Å². The summed E-state index contributed by atoms with van der Waals surface area (Å²) in [5.41, 5.74) is -0.502. The van der Waals surface area contributed by atoms with Gasteiger partial charge in [0.2, 0.25) is 0 Å². The van der Waals surface area contributed by atoms with Gasteiger partial charge < -0.3 is 9.84 Å². The number of barbiturate groups is 1. The molecule has 2 aromatic carbocycles. The van der Waals surface area contributed by atoms with Gasteiger partial charge in [0.15, 0.2) is 6.61 Å². The van der Waals surface area contributed by atoms with Crippen LogP contribution in [0.1, 0.15) is 5.56 Å². The summed E-state index contributed by atoms with van der Waals surface area (Å²) in [5, 5.41) is 10.7. The smallest absolute Gasteiger partial charge is 0.341 e. The Hall–Kier alpha value is -4.01. The largest absolute Gasteiger partial charge is 0.481 e. The second kappa shape index (κ2) is 7.70. The lowest BCUT2D eigenvalue weighted by Gasteiger charge is -2.26. The molecule has 1 fully saturated rings. The first-order valence-electron chi connectivity index (χ1n) is 7.98. The molecule has 0 atom stereocenters. The number of halogens is 1. The van der Waals surface area contributed by atoms with E-state index in [-0.39, 0.29) is 17.0 Å². The molecule has 28 heavy (non-hydrogen) atoms. The maximum absolute atomic E-state index is 14.1. The van der Waals surface area contributed by atoms with Crippen molar-refractivity contribution in [1.82, 2.24) is 5.32 Å². The number of rotatable bonds is 5. The Kier molecular flexibility index (Phi) is 5.16. The van der Waals surface area contributed by atoms with E-state index in [1.54, 1.807) is 12.1 Å². The molecule has 1 aliphatic heterocycles. The van der Waals surface area contributed by atoms with Crippen molar-refractivity contribution in [3.8, 4) is 5.75 Å². The van der Waals surface area contributed by atoms with Crippen molar-refractivity contribution in [2.75, 3.05) is 11.5 Å². The predicted molar refractivity (Wildman–Crippen MR) is 95.0 cm³/mol. The van der Waals surface area contributed by atoms with Gasteiger partial charge in [0, 0.05) is 5.56 Å². The van der Waals surface area contributed by atoms with Crippen LogP contribution in [0.25, 0.3) is 6.08 Å². The zero-order valence-corrected chi connectivity index (χ0v) is 14.2. The van der Waals surface area contributed by atoms with Crippen LogP contribution in [-0.2, 0) is 14.4 Å². The van der Waals surface area contributed by atoms with Crippen LogP contribution in [-0.4, -0.2) is 35.5 Å². The molecular formula is C19H13FN2O6. The van der Waals surface area contributed by atoms with E-state index >= 15 is 0 Å². The van der Waals surface area contributed by atoms with Gasteiger partial charge in [0.05, 0.1) is 5.69 Å². The van der Waals surface area contributed by atoms with E-state index in [0.717, 1.165) is 12.1 Å². The molecule has 9 heteroatoms. The summed E-state index contributed by atoms with van der Waals surface area (Å²) >= 11 is 0. The summed E-state index contributed by atoms with van der Waals surface area (Å²) in [6.07, 6.45) is 1.15. The maximum Gasteiger partial charge on any atom is 0.341 e. The van der Waals surface area contributed by atoms with E-state index in [0.29, 0.717) is 4.90 Å². The van der Waals surface area contributed by atoms with E-state index in [2.05, 4.69) is 0 Å². The standard InChI is InChI=1S/C19H13FN2O6/c20-13-6-2-3-7-14(13)22-18(26)12(17(25)21-19(22)27)9-11-5-1-4-8-15(11)28-10-16(23)24/h1-9H,10H2,(H,23,24)(H,21,25,27)/b12-9-. The molecule has 0 bridgehead atoms. The van der Waals surface area contributed by atoms with Gasteiger partial charge in [0.25, 0.3) is 11.8 Å². The summed E-state index contributed by atoms with van der Waals surface area (Å²) in [6, 6.07) is 10.2. The number of aliphatic carboxylic acids is 1. The fraction of sp³-hybridized carbons (Fsp3) is 0.0526. The Morgan fingerprint density at radius 3 is 2.50 bits per heavy atom. The lowest BCUT2D eigenvalue weighted by molar-refractivity contribution is -0.139. The number of amides is 4. The molecule has 0 saturated carbocycles. The zero-order chi connectivity index (χ0) is 20.3. The van der Waals surface area contributed by atoms with E-state index < -0.39 is 41.8 Å². The Bertz CT molecular complexity index is 1020. The number of imide groups is 2. The van der Waals surface area contributed by atoms with Crippen molar-refractivity contribution >= 4 is 35.6 Å². The summed E-state index contributed by atoms with van der Waals surface area (Å²) in [7, 11) is 0. The van der Waals surface area contributed by atoms with Gasteiger partial charge in [-0.3, -0.25) is 14.9 Å². The molecule has 0 aromatic heterocycles. The minimum atomic E-state index is -1.20. The first-order valence-corrected chi connectivity index (χ1v) is 7.98. The number of nitrogens with zero attached hydrogens (tertiary/aromatic N) is 1. The Morgan fingerprint density at radius 2 is 1.79 bits per heavy atom. The average Bonchev–Trinajstić information content (AvgIpc) is 2.65. The summed E-state index contributed by atoms with van der Waals surface area (Å²) < 4.78 is 19.2. The van der Waals surface area contributed by atoms with Gasteiger partial charge in [-0.2, -0.15) is 0 Å². The van der Waals surface area contributed by atoms with Crippen LogP contribution >= 0.6 is 0 Å². The first-order chi connectivity index (χ1) is 13.4. The Morgan fingerprint density at radius 1 is 1.11 bits per heavy atom. The topological polar surface area (TPSA) is 113 Å². The third kappa shape index (κ3) is 3.73. The number of para-hydroxylation sites is 2. The first kappa shape index (κ1) is 18.8. The Labute approximate surface area is 157 Å². The molecule has 1 aliphatic rings. The lowest BCUT2D eigenvalue weighted by Crippen LogP contribution is -2.54. The molecule has 0 radical (unpaired) electrons. The minimum Gasteiger partial charge on any atom is -0.481 e. The quantitative estimate of drug-likeness (QED) is 0.602. The highest BCUT2D eigenvalue weighted by molar-refractivity contribution is 6.39. The van der Waals surface area contributed by atoms with Crippen LogP contribution in [0.5, 0.6) is 5.75 Å². The number of urea groups is 1. The van der Waals surface area contributed by atoms with Crippen LogP contribution in [0, 0.1) is 5.82 Å². The number of carbonyl (C=O) groups is 4. The molecular weight excluding hydrogens is 371 g/mol. The number of hydrogen-bond acceptors (Lipinski definition) is 5. The second-order valence-electron chi connectivity index (χ2n) is 5.63. The normalized spacial score (nSPS) is 15.5.